The molecule has 0 unspecified atom stereocenters. The van der Waals surface area contributed by atoms with Crippen molar-refractivity contribution in [3.05, 3.63) is 0 Å². The van der Waals surface area contributed by atoms with Crippen LogP contribution in [0.4, 0.5) is 4.79 Å². The molecule has 2 fully saturated rings. The molecule has 1 saturated carbocycles. The average molecular weight is 243 g/mol. The van der Waals surface area contributed by atoms with E-state index in [1.54, 1.807) is 0 Å². The van der Waals surface area contributed by atoms with Gasteiger partial charge in [-0.15, -0.1) is 0 Å². The molecule has 2 rings (SSSR count). The highest BCUT2D eigenvalue weighted by Gasteiger charge is 2.40. The quantitative estimate of drug-likeness (QED) is 0.741. The number of ether oxygens (including phenoxy) is 1. The van der Waals surface area contributed by atoms with E-state index in [1.807, 2.05) is 0 Å². The average Bonchev–Trinajstić information content (AvgIpc) is 2.86. The van der Waals surface area contributed by atoms with Crippen molar-refractivity contribution >= 4 is 12.1 Å². The molecule has 2 aliphatic rings. The third kappa shape index (κ3) is 2.69. The van der Waals surface area contributed by atoms with Crippen molar-refractivity contribution in [2.45, 2.75) is 50.4 Å². The van der Waals surface area contributed by atoms with Crippen LogP contribution in [0.5, 0.6) is 0 Å². The van der Waals surface area contributed by atoms with E-state index in [0.717, 1.165) is 30.6 Å². The summed E-state index contributed by atoms with van der Waals surface area (Å²) in [6, 6.07) is -0.959. The molecule has 2 atom stereocenters. The monoisotopic (exact) mass is 243 g/mol. The SMILES string of the molecule is O=C(O)[C@H]1C[C@@H](O)CN1C(=O)OC1CCCC1. The van der Waals surface area contributed by atoms with Gasteiger partial charge in [0.15, 0.2) is 0 Å². The molecule has 1 saturated heterocycles. The Morgan fingerprint density at radius 3 is 2.47 bits per heavy atom. The molecule has 0 aromatic carbocycles. The van der Waals surface area contributed by atoms with Gasteiger partial charge in [-0.05, 0) is 25.7 Å². The summed E-state index contributed by atoms with van der Waals surface area (Å²) in [7, 11) is 0. The second kappa shape index (κ2) is 4.91. The van der Waals surface area contributed by atoms with Crippen molar-refractivity contribution in [1.82, 2.24) is 4.90 Å². The van der Waals surface area contributed by atoms with E-state index in [4.69, 9.17) is 9.84 Å². The number of likely N-dealkylation sites (tertiary alicyclic amines) is 1. The Morgan fingerprint density at radius 1 is 1.24 bits per heavy atom. The third-order valence-corrected chi connectivity index (χ3v) is 3.37. The van der Waals surface area contributed by atoms with Gasteiger partial charge in [0.25, 0.3) is 0 Å². The molecule has 6 nitrogen and oxygen atoms in total. The summed E-state index contributed by atoms with van der Waals surface area (Å²) in [4.78, 5) is 23.8. The van der Waals surface area contributed by atoms with Crippen LogP contribution in [0.3, 0.4) is 0 Å². The topological polar surface area (TPSA) is 87.1 Å². The fourth-order valence-corrected chi connectivity index (χ4v) is 2.47. The molecular formula is C11H17NO5. The predicted molar refractivity (Wildman–Crippen MR) is 57.5 cm³/mol. The molecule has 0 spiro atoms. The van der Waals surface area contributed by atoms with Gasteiger partial charge in [0.1, 0.15) is 12.1 Å². The minimum absolute atomic E-state index is 0.0442. The minimum atomic E-state index is -1.09. The maximum absolute atomic E-state index is 11.8. The second-order valence-corrected chi connectivity index (χ2v) is 4.69. The first-order chi connectivity index (χ1) is 8.08. The highest BCUT2D eigenvalue weighted by Crippen LogP contribution is 2.24. The number of amides is 1. The molecule has 17 heavy (non-hydrogen) atoms. The van der Waals surface area contributed by atoms with E-state index in [9.17, 15) is 14.7 Å². The lowest BCUT2D eigenvalue weighted by Crippen LogP contribution is -2.42. The van der Waals surface area contributed by atoms with Crippen LogP contribution < -0.4 is 0 Å². The first-order valence-corrected chi connectivity index (χ1v) is 5.96. The maximum Gasteiger partial charge on any atom is 0.410 e. The molecule has 0 radical (unpaired) electrons. The fraction of sp³-hybridized carbons (Fsp3) is 0.818. The van der Waals surface area contributed by atoms with E-state index in [-0.39, 0.29) is 19.1 Å². The molecule has 6 heteroatoms. The van der Waals surface area contributed by atoms with Crippen LogP contribution in [0.1, 0.15) is 32.1 Å². The van der Waals surface area contributed by atoms with E-state index in [2.05, 4.69) is 0 Å². The summed E-state index contributed by atoms with van der Waals surface area (Å²) in [5.41, 5.74) is 0. The largest absolute Gasteiger partial charge is 0.480 e. The number of carboxylic acid groups (broad SMARTS) is 1. The van der Waals surface area contributed by atoms with Gasteiger partial charge in [-0.1, -0.05) is 0 Å². The number of β-amino-alcohol motifs (C(OH)–C–C–N with tert-alkyl or cyclic N) is 1. The number of carboxylic acids is 1. The Labute approximate surface area is 99.2 Å². The number of aliphatic carboxylic acids is 1. The lowest BCUT2D eigenvalue weighted by molar-refractivity contribution is -0.141. The zero-order chi connectivity index (χ0) is 12.4. The summed E-state index contributed by atoms with van der Waals surface area (Å²) < 4.78 is 5.24. The lowest BCUT2D eigenvalue weighted by atomic mass is 10.2. The smallest absolute Gasteiger partial charge is 0.410 e. The van der Waals surface area contributed by atoms with Crippen LogP contribution >= 0.6 is 0 Å². The lowest BCUT2D eigenvalue weighted by Gasteiger charge is -2.22. The summed E-state index contributed by atoms with van der Waals surface area (Å²) in [6.45, 7) is 0.0442. The number of carbonyl (C=O) groups is 2. The molecule has 1 aliphatic heterocycles. The summed E-state index contributed by atoms with van der Waals surface area (Å²) in [5.74, 6) is -1.09. The fourth-order valence-electron chi connectivity index (χ4n) is 2.47. The van der Waals surface area contributed by atoms with Crippen molar-refractivity contribution in [2.75, 3.05) is 6.54 Å². The molecule has 1 aliphatic carbocycles. The van der Waals surface area contributed by atoms with E-state index >= 15 is 0 Å². The van der Waals surface area contributed by atoms with Crippen molar-refractivity contribution in [3.63, 3.8) is 0 Å². The van der Waals surface area contributed by atoms with Crippen molar-refractivity contribution in [1.29, 1.82) is 0 Å². The summed E-state index contributed by atoms with van der Waals surface area (Å²) in [5, 5.41) is 18.4. The molecular weight excluding hydrogens is 226 g/mol. The first kappa shape index (κ1) is 12.2. The third-order valence-electron chi connectivity index (χ3n) is 3.37. The van der Waals surface area contributed by atoms with Crippen LogP contribution in [-0.2, 0) is 9.53 Å². The van der Waals surface area contributed by atoms with Crippen molar-refractivity contribution < 1.29 is 24.5 Å². The van der Waals surface area contributed by atoms with Gasteiger partial charge in [0.05, 0.1) is 12.6 Å². The van der Waals surface area contributed by atoms with E-state index in [0.29, 0.717) is 0 Å². The number of nitrogens with zero attached hydrogens (tertiary/aromatic N) is 1. The van der Waals surface area contributed by atoms with Gasteiger partial charge in [-0.25, -0.2) is 9.59 Å². The second-order valence-electron chi connectivity index (χ2n) is 4.69. The standard InChI is InChI=1S/C11H17NO5/c13-7-5-9(10(14)15)12(6-7)11(16)17-8-3-1-2-4-8/h7-9,13H,1-6H2,(H,14,15)/t7-,9-/m1/s1. The van der Waals surface area contributed by atoms with Gasteiger partial charge in [0, 0.05) is 6.42 Å². The molecule has 0 aromatic heterocycles. The van der Waals surface area contributed by atoms with Gasteiger partial charge in [-0.2, -0.15) is 0 Å². The predicted octanol–water partition coefficient (Wildman–Crippen LogP) is 0.585. The Morgan fingerprint density at radius 2 is 1.88 bits per heavy atom. The van der Waals surface area contributed by atoms with E-state index < -0.39 is 24.2 Å². The number of aliphatic hydroxyl groups excluding tert-OH is 1. The normalized spacial score (nSPS) is 29.6. The van der Waals surface area contributed by atoms with E-state index in [1.165, 1.54) is 0 Å². The summed E-state index contributed by atoms with van der Waals surface area (Å²) in [6.07, 6.45) is 2.39. The van der Waals surface area contributed by atoms with Crippen molar-refractivity contribution in [2.24, 2.45) is 0 Å². The molecule has 0 aromatic rings. The summed E-state index contributed by atoms with van der Waals surface area (Å²) >= 11 is 0. The maximum atomic E-state index is 11.8. The van der Waals surface area contributed by atoms with Crippen LogP contribution in [0, 0.1) is 0 Å². The van der Waals surface area contributed by atoms with Gasteiger partial charge >= 0.3 is 12.1 Å². The van der Waals surface area contributed by atoms with Crippen molar-refractivity contribution in [3.8, 4) is 0 Å². The van der Waals surface area contributed by atoms with Crippen LogP contribution in [-0.4, -0.2) is 52.0 Å². The molecule has 96 valence electrons. The van der Waals surface area contributed by atoms with Crippen LogP contribution in [0.2, 0.25) is 0 Å². The molecule has 1 amide bonds. The Bertz CT molecular complexity index is 313. The van der Waals surface area contributed by atoms with Crippen LogP contribution in [0.15, 0.2) is 0 Å². The number of carbonyl (C=O) groups excluding carboxylic acids is 1. The number of hydrogen-bond acceptors (Lipinski definition) is 4. The molecule has 0 bridgehead atoms. The Kier molecular flexibility index (Phi) is 3.51. The van der Waals surface area contributed by atoms with Crippen LogP contribution in [0.25, 0.3) is 0 Å². The minimum Gasteiger partial charge on any atom is -0.480 e. The van der Waals surface area contributed by atoms with Gasteiger partial charge < -0.3 is 14.9 Å². The molecule has 1 heterocycles. The Balaban J connectivity index is 1.94. The van der Waals surface area contributed by atoms with Gasteiger partial charge in [0.2, 0.25) is 0 Å². The number of hydrogen-bond donors (Lipinski definition) is 2. The number of aliphatic hydroxyl groups is 1. The van der Waals surface area contributed by atoms with Gasteiger partial charge in [-0.3, -0.25) is 4.90 Å². The highest BCUT2D eigenvalue weighted by molar-refractivity contribution is 5.81. The first-order valence-electron chi connectivity index (χ1n) is 5.96. The zero-order valence-electron chi connectivity index (χ0n) is 9.54. The zero-order valence-corrected chi connectivity index (χ0v) is 9.54. The number of rotatable bonds is 2. The molecule has 2 N–H and O–H groups in total. The Hall–Kier alpha value is -1.30. The highest BCUT2D eigenvalue weighted by atomic mass is 16.6.